The van der Waals surface area contributed by atoms with Gasteiger partial charge >= 0.3 is 6.09 Å². The molecule has 1 N–H and O–H groups in total. The molecule has 7 heteroatoms. The second-order valence-corrected chi connectivity index (χ2v) is 5.52. The van der Waals surface area contributed by atoms with Crippen molar-refractivity contribution in [3.63, 3.8) is 0 Å². The molecule has 2 rings (SSSR count). The van der Waals surface area contributed by atoms with Crippen LogP contribution >= 0.6 is 10.7 Å². The van der Waals surface area contributed by atoms with E-state index in [4.69, 9.17) is 15.4 Å². The Morgan fingerprint density at radius 3 is 2.80 bits per heavy atom. The van der Waals surface area contributed by atoms with E-state index in [0.717, 1.165) is 0 Å². The third-order valence-electron chi connectivity index (χ3n) is 1.96. The molecular formula is C8H6ClNO4S. The number of anilines is 1. The second-order valence-electron chi connectivity index (χ2n) is 2.96. The van der Waals surface area contributed by atoms with Crippen LogP contribution in [0.15, 0.2) is 23.1 Å². The molecule has 80 valence electrons. The lowest BCUT2D eigenvalue weighted by Gasteiger charge is -2.17. The fraction of sp³-hybridized carbons (Fsp3) is 0.125. The van der Waals surface area contributed by atoms with E-state index in [0.29, 0.717) is 11.3 Å². The summed E-state index contributed by atoms with van der Waals surface area (Å²) in [5.41, 5.74) is 1.12. The maximum atomic E-state index is 11.0. The monoisotopic (exact) mass is 247 g/mol. The number of cyclic esters (lactones) is 1. The minimum atomic E-state index is -3.77. The topological polar surface area (TPSA) is 72.5 Å². The van der Waals surface area contributed by atoms with Crippen LogP contribution in [-0.4, -0.2) is 14.5 Å². The lowest BCUT2D eigenvalue weighted by molar-refractivity contribution is 0.151. The number of carbonyl (C=O) groups excluding carboxylic acids is 1. The number of amides is 1. The smallest absolute Gasteiger partial charge is 0.411 e. The Balaban J connectivity index is 2.50. The normalized spacial score (nSPS) is 15.1. The third kappa shape index (κ3) is 2.05. The van der Waals surface area contributed by atoms with E-state index in [1.54, 1.807) is 6.07 Å². The van der Waals surface area contributed by atoms with Crippen LogP contribution < -0.4 is 5.32 Å². The van der Waals surface area contributed by atoms with Crippen LogP contribution in [0.4, 0.5) is 10.5 Å². The van der Waals surface area contributed by atoms with Crippen LogP contribution in [0.3, 0.4) is 0 Å². The van der Waals surface area contributed by atoms with Gasteiger partial charge in [-0.05, 0) is 12.1 Å². The maximum absolute atomic E-state index is 11.0. The van der Waals surface area contributed by atoms with E-state index >= 15 is 0 Å². The highest BCUT2D eigenvalue weighted by atomic mass is 35.7. The molecule has 1 aromatic carbocycles. The van der Waals surface area contributed by atoms with Crippen molar-refractivity contribution >= 4 is 31.5 Å². The quantitative estimate of drug-likeness (QED) is 0.767. The summed E-state index contributed by atoms with van der Waals surface area (Å²) in [5, 5.41) is 2.39. The highest BCUT2D eigenvalue weighted by Gasteiger charge is 2.18. The first-order valence-corrected chi connectivity index (χ1v) is 6.29. The lowest BCUT2D eigenvalue weighted by atomic mass is 10.2. The van der Waals surface area contributed by atoms with Gasteiger partial charge in [0.2, 0.25) is 0 Å². The number of hydrogen-bond acceptors (Lipinski definition) is 4. The van der Waals surface area contributed by atoms with Gasteiger partial charge in [0.05, 0.1) is 10.6 Å². The predicted molar refractivity (Wildman–Crippen MR) is 53.3 cm³/mol. The first-order valence-electron chi connectivity index (χ1n) is 3.98. The van der Waals surface area contributed by atoms with Gasteiger partial charge in [0.1, 0.15) is 6.61 Å². The fourth-order valence-electron chi connectivity index (χ4n) is 1.24. The van der Waals surface area contributed by atoms with Crippen molar-refractivity contribution in [2.75, 3.05) is 5.32 Å². The van der Waals surface area contributed by atoms with Crippen molar-refractivity contribution in [2.45, 2.75) is 11.5 Å². The average Bonchev–Trinajstić information content (AvgIpc) is 2.15. The van der Waals surface area contributed by atoms with Gasteiger partial charge in [-0.15, -0.1) is 0 Å². The average molecular weight is 248 g/mol. The molecule has 0 aliphatic carbocycles. The van der Waals surface area contributed by atoms with Gasteiger partial charge in [-0.25, -0.2) is 13.2 Å². The zero-order chi connectivity index (χ0) is 11.1. The Bertz CT molecular complexity index is 525. The molecule has 0 fully saturated rings. The number of rotatable bonds is 1. The molecule has 0 aromatic heterocycles. The summed E-state index contributed by atoms with van der Waals surface area (Å²) < 4.78 is 26.7. The third-order valence-corrected chi connectivity index (χ3v) is 3.31. The number of hydrogen-bond donors (Lipinski definition) is 1. The van der Waals surface area contributed by atoms with Crippen molar-refractivity contribution in [3.8, 4) is 0 Å². The lowest BCUT2D eigenvalue weighted by Crippen LogP contribution is -2.20. The largest absolute Gasteiger partial charge is 0.444 e. The summed E-state index contributed by atoms with van der Waals surface area (Å²) in [6.07, 6.45) is -0.605. The van der Waals surface area contributed by atoms with Gasteiger partial charge in [-0.1, -0.05) is 6.07 Å². The van der Waals surface area contributed by atoms with Crippen LogP contribution in [0.2, 0.25) is 0 Å². The van der Waals surface area contributed by atoms with Crippen LogP contribution in [-0.2, 0) is 20.4 Å². The van der Waals surface area contributed by atoms with Gasteiger partial charge in [0.15, 0.2) is 0 Å². The van der Waals surface area contributed by atoms with E-state index in [9.17, 15) is 13.2 Å². The zero-order valence-corrected chi connectivity index (χ0v) is 8.93. The van der Waals surface area contributed by atoms with Crippen LogP contribution in [0.1, 0.15) is 5.56 Å². The second kappa shape index (κ2) is 3.39. The molecule has 5 nitrogen and oxygen atoms in total. The van der Waals surface area contributed by atoms with E-state index in [1.807, 2.05) is 0 Å². The van der Waals surface area contributed by atoms with Crippen molar-refractivity contribution < 1.29 is 17.9 Å². The first-order chi connectivity index (χ1) is 6.97. The Kier molecular flexibility index (Phi) is 2.32. The summed E-state index contributed by atoms with van der Waals surface area (Å²) in [6.45, 7) is 0.129. The Morgan fingerprint density at radius 1 is 1.40 bits per heavy atom. The van der Waals surface area contributed by atoms with Gasteiger partial charge in [0.25, 0.3) is 9.05 Å². The Morgan fingerprint density at radius 2 is 2.13 bits per heavy atom. The molecule has 1 heterocycles. The number of carbonyl (C=O) groups is 1. The molecule has 0 bridgehead atoms. The molecule has 0 saturated heterocycles. The molecule has 0 atom stereocenters. The van der Waals surface area contributed by atoms with Gasteiger partial charge in [0, 0.05) is 16.2 Å². The number of nitrogens with one attached hydrogen (secondary N) is 1. The van der Waals surface area contributed by atoms with Crippen LogP contribution in [0.5, 0.6) is 0 Å². The minimum Gasteiger partial charge on any atom is -0.444 e. The molecule has 0 unspecified atom stereocenters. The van der Waals surface area contributed by atoms with Crippen molar-refractivity contribution in [3.05, 3.63) is 23.8 Å². The SMILES string of the molecule is O=C1Nc2cc(S(=O)(=O)Cl)ccc2CO1. The van der Waals surface area contributed by atoms with Crippen molar-refractivity contribution in [2.24, 2.45) is 0 Å². The molecule has 0 spiro atoms. The van der Waals surface area contributed by atoms with E-state index in [1.165, 1.54) is 12.1 Å². The zero-order valence-electron chi connectivity index (χ0n) is 7.36. The van der Waals surface area contributed by atoms with Gasteiger partial charge in [-0.3, -0.25) is 5.32 Å². The summed E-state index contributed by atoms with van der Waals surface area (Å²) in [6, 6.07) is 4.21. The standard InChI is InChI=1S/C8H6ClNO4S/c9-15(12,13)6-2-1-5-4-14-8(11)10-7(5)3-6/h1-3H,4H2,(H,10,11). The molecule has 15 heavy (non-hydrogen) atoms. The molecule has 1 amide bonds. The molecule has 1 aliphatic heterocycles. The number of halogens is 1. The number of fused-ring (bicyclic) bond motifs is 1. The first kappa shape index (κ1) is 10.3. The van der Waals surface area contributed by atoms with Crippen LogP contribution in [0, 0.1) is 0 Å². The highest BCUT2D eigenvalue weighted by molar-refractivity contribution is 8.13. The molecule has 1 aliphatic rings. The summed E-state index contributed by atoms with van der Waals surface area (Å²) in [7, 11) is 1.39. The summed E-state index contributed by atoms with van der Waals surface area (Å²) in [5.74, 6) is 0. The molecule has 0 saturated carbocycles. The van der Waals surface area contributed by atoms with E-state index in [-0.39, 0.29) is 11.5 Å². The van der Waals surface area contributed by atoms with Gasteiger partial charge in [-0.2, -0.15) is 0 Å². The maximum Gasteiger partial charge on any atom is 0.411 e. The predicted octanol–water partition coefficient (Wildman–Crippen LogP) is 1.68. The summed E-state index contributed by atoms with van der Waals surface area (Å²) in [4.78, 5) is 10.8. The molecule has 0 radical (unpaired) electrons. The Hall–Kier alpha value is -1.27. The van der Waals surface area contributed by atoms with E-state index < -0.39 is 15.1 Å². The Labute approximate surface area is 90.4 Å². The van der Waals surface area contributed by atoms with E-state index in [2.05, 4.69) is 5.32 Å². The number of benzene rings is 1. The van der Waals surface area contributed by atoms with Crippen molar-refractivity contribution in [1.82, 2.24) is 0 Å². The van der Waals surface area contributed by atoms with Crippen molar-refractivity contribution in [1.29, 1.82) is 0 Å². The van der Waals surface area contributed by atoms with Gasteiger partial charge < -0.3 is 4.74 Å². The van der Waals surface area contributed by atoms with Crippen LogP contribution in [0.25, 0.3) is 0 Å². The fourth-order valence-corrected chi connectivity index (χ4v) is 2.02. The number of ether oxygens (including phenoxy) is 1. The summed E-state index contributed by atoms with van der Waals surface area (Å²) >= 11 is 0. The highest BCUT2D eigenvalue weighted by Crippen LogP contribution is 2.26. The minimum absolute atomic E-state index is 0.0508. The molecular weight excluding hydrogens is 242 g/mol. The molecule has 1 aromatic rings.